The van der Waals surface area contributed by atoms with Crippen molar-refractivity contribution in [1.29, 1.82) is 0 Å². The monoisotopic (exact) mass is 272 g/mol. The normalized spacial score (nSPS) is 24.0. The zero-order valence-corrected chi connectivity index (χ0v) is 11.0. The molecule has 0 radical (unpaired) electrons. The fourth-order valence-electron chi connectivity index (χ4n) is 3.11. The second-order valence-corrected chi connectivity index (χ2v) is 6.02. The van der Waals surface area contributed by atoms with Gasteiger partial charge in [0.15, 0.2) is 0 Å². The predicted octanol–water partition coefficient (Wildman–Crippen LogP) is 2.58. The molecule has 4 nitrogen and oxygen atoms in total. The molecule has 0 spiro atoms. The first-order chi connectivity index (χ1) is 9.29. The van der Waals surface area contributed by atoms with Crippen LogP contribution in [0.1, 0.15) is 23.3 Å². The number of nitrogens with zero attached hydrogens (tertiary/aromatic N) is 2. The highest BCUT2D eigenvalue weighted by atomic mass is 32.1. The number of hydrogen-bond donors (Lipinski definition) is 1. The number of thiophene rings is 1. The summed E-state index contributed by atoms with van der Waals surface area (Å²) in [6.45, 7) is 0.641. The van der Waals surface area contributed by atoms with Gasteiger partial charge in [0.05, 0.1) is 10.9 Å². The van der Waals surface area contributed by atoms with Gasteiger partial charge in [-0.25, -0.2) is 0 Å². The van der Waals surface area contributed by atoms with E-state index in [2.05, 4.69) is 17.3 Å². The number of hydrogen-bond acceptors (Lipinski definition) is 4. The van der Waals surface area contributed by atoms with Crippen molar-refractivity contribution in [3.05, 3.63) is 34.7 Å². The Labute approximate surface area is 113 Å². The molecule has 96 valence electrons. The third kappa shape index (κ3) is 1.39. The molecule has 3 heterocycles. The van der Waals surface area contributed by atoms with Crippen molar-refractivity contribution in [2.45, 2.75) is 25.4 Å². The van der Waals surface area contributed by atoms with Crippen LogP contribution in [-0.4, -0.2) is 27.8 Å². The molecule has 5 heteroatoms. The average molecular weight is 272 g/mol. The van der Waals surface area contributed by atoms with Crippen molar-refractivity contribution in [1.82, 2.24) is 4.90 Å². The number of amides is 1. The molecule has 1 N–H and O–H groups in total. The van der Waals surface area contributed by atoms with E-state index >= 15 is 0 Å². The Hall–Kier alpha value is -1.88. The highest BCUT2D eigenvalue weighted by Gasteiger charge is 2.41. The van der Waals surface area contributed by atoms with Crippen LogP contribution in [-0.2, 0) is 11.3 Å². The van der Waals surface area contributed by atoms with Gasteiger partial charge in [-0.05, 0) is 23.4 Å². The number of oxime groups is 1. The van der Waals surface area contributed by atoms with Crippen molar-refractivity contribution in [2.24, 2.45) is 5.16 Å². The second kappa shape index (κ2) is 3.81. The number of carbonyl (C=O) groups excluding carboxylic acids is 1. The molecule has 0 aliphatic carbocycles. The van der Waals surface area contributed by atoms with E-state index in [1.54, 1.807) is 11.3 Å². The van der Waals surface area contributed by atoms with E-state index in [0.717, 1.165) is 16.9 Å². The van der Waals surface area contributed by atoms with Crippen LogP contribution < -0.4 is 0 Å². The molecule has 1 unspecified atom stereocenters. The van der Waals surface area contributed by atoms with E-state index in [0.29, 0.717) is 18.7 Å². The lowest BCUT2D eigenvalue weighted by atomic mass is 9.98. The minimum Gasteiger partial charge on any atom is -0.411 e. The molecule has 1 aromatic heterocycles. The average Bonchev–Trinajstić information content (AvgIpc) is 2.98. The van der Waals surface area contributed by atoms with Crippen LogP contribution in [0, 0.1) is 0 Å². The minimum absolute atomic E-state index is 0.0435. The van der Waals surface area contributed by atoms with Gasteiger partial charge in [-0.3, -0.25) is 4.79 Å². The first-order valence-corrected chi connectivity index (χ1v) is 7.13. The molecular weight excluding hydrogens is 260 g/mol. The van der Waals surface area contributed by atoms with E-state index in [1.165, 1.54) is 10.1 Å². The van der Waals surface area contributed by atoms with Crippen LogP contribution in [0.2, 0.25) is 0 Å². The molecule has 0 saturated carbocycles. The Morgan fingerprint density at radius 3 is 3.05 bits per heavy atom. The molecule has 2 aliphatic heterocycles. The molecule has 2 aliphatic rings. The summed E-state index contributed by atoms with van der Waals surface area (Å²) in [6, 6.07) is 8.11. The van der Waals surface area contributed by atoms with E-state index in [1.807, 2.05) is 17.0 Å². The Morgan fingerprint density at radius 2 is 2.21 bits per heavy atom. The molecule has 2 aromatic rings. The molecule has 1 aromatic carbocycles. The lowest BCUT2D eigenvalue weighted by Crippen LogP contribution is -2.42. The topological polar surface area (TPSA) is 52.9 Å². The van der Waals surface area contributed by atoms with Gasteiger partial charge in [-0.1, -0.05) is 23.4 Å². The summed E-state index contributed by atoms with van der Waals surface area (Å²) in [5.74, 6) is 0.159. The molecule has 1 amide bonds. The van der Waals surface area contributed by atoms with E-state index in [9.17, 15) is 10.0 Å². The highest BCUT2D eigenvalue weighted by molar-refractivity contribution is 7.21. The van der Waals surface area contributed by atoms with Gasteiger partial charge in [0, 0.05) is 17.7 Å². The third-order valence-electron chi connectivity index (χ3n) is 4.01. The van der Waals surface area contributed by atoms with Crippen LogP contribution in [0.25, 0.3) is 10.1 Å². The predicted molar refractivity (Wildman–Crippen MR) is 73.7 cm³/mol. The van der Waals surface area contributed by atoms with Crippen LogP contribution in [0.5, 0.6) is 0 Å². The molecule has 4 rings (SSSR count). The Bertz CT molecular complexity index is 719. The Balaban J connectivity index is 1.98. The van der Waals surface area contributed by atoms with Gasteiger partial charge in [0.25, 0.3) is 0 Å². The third-order valence-corrected chi connectivity index (χ3v) is 5.25. The highest BCUT2D eigenvalue weighted by Crippen LogP contribution is 2.40. The van der Waals surface area contributed by atoms with E-state index in [4.69, 9.17) is 0 Å². The van der Waals surface area contributed by atoms with Crippen LogP contribution in [0.4, 0.5) is 0 Å². The van der Waals surface area contributed by atoms with Crippen LogP contribution in [0.3, 0.4) is 0 Å². The van der Waals surface area contributed by atoms with Gasteiger partial charge in [0.1, 0.15) is 5.71 Å². The van der Waals surface area contributed by atoms with Gasteiger partial charge in [0.2, 0.25) is 5.91 Å². The summed E-state index contributed by atoms with van der Waals surface area (Å²) in [5, 5.41) is 14.0. The number of carbonyl (C=O) groups is 1. The first kappa shape index (κ1) is 11.0. The zero-order valence-electron chi connectivity index (χ0n) is 10.2. The van der Waals surface area contributed by atoms with Gasteiger partial charge in [-0.2, -0.15) is 0 Å². The van der Waals surface area contributed by atoms with Crippen molar-refractivity contribution in [3.8, 4) is 0 Å². The first-order valence-electron chi connectivity index (χ1n) is 6.32. The van der Waals surface area contributed by atoms with Gasteiger partial charge >= 0.3 is 0 Å². The SMILES string of the molecule is O=C1CCC2/C(=N/O)c3sc4ccccc4c3CN12. The Morgan fingerprint density at radius 1 is 1.37 bits per heavy atom. The largest absolute Gasteiger partial charge is 0.411 e. The maximum Gasteiger partial charge on any atom is 0.223 e. The van der Waals surface area contributed by atoms with Crippen LogP contribution in [0.15, 0.2) is 29.4 Å². The molecule has 1 saturated heterocycles. The molecular formula is C14H12N2O2S. The van der Waals surface area contributed by atoms with Gasteiger partial charge in [-0.15, -0.1) is 11.3 Å². The summed E-state index contributed by atoms with van der Waals surface area (Å²) < 4.78 is 1.18. The van der Waals surface area contributed by atoms with Crippen molar-refractivity contribution >= 4 is 33.0 Å². The summed E-state index contributed by atoms with van der Waals surface area (Å²) in [5.41, 5.74) is 1.79. The molecule has 0 bridgehead atoms. The maximum atomic E-state index is 11.9. The molecule has 1 fully saturated rings. The number of benzene rings is 1. The summed E-state index contributed by atoms with van der Waals surface area (Å²) >= 11 is 1.65. The van der Waals surface area contributed by atoms with Crippen LogP contribution >= 0.6 is 11.3 Å². The molecule has 19 heavy (non-hydrogen) atoms. The lowest BCUT2D eigenvalue weighted by molar-refractivity contribution is -0.128. The molecule has 1 atom stereocenters. The zero-order chi connectivity index (χ0) is 13.0. The van der Waals surface area contributed by atoms with Crippen molar-refractivity contribution in [2.75, 3.05) is 0 Å². The van der Waals surface area contributed by atoms with E-state index in [-0.39, 0.29) is 11.9 Å². The number of rotatable bonds is 0. The maximum absolute atomic E-state index is 11.9. The standard InChI is InChI=1S/C14H12N2O2S/c17-12-6-5-10-13(15-18)14-9(7-16(10)12)8-3-1-2-4-11(8)19-14/h1-4,10,18H,5-7H2/b15-13-. The Kier molecular flexibility index (Phi) is 2.20. The summed E-state index contributed by atoms with van der Waals surface area (Å²) in [6.07, 6.45) is 1.31. The lowest BCUT2D eigenvalue weighted by Gasteiger charge is -2.30. The van der Waals surface area contributed by atoms with Gasteiger partial charge < -0.3 is 10.1 Å². The summed E-state index contributed by atoms with van der Waals surface area (Å²) in [4.78, 5) is 14.8. The quantitative estimate of drug-likeness (QED) is 0.592. The fourth-order valence-corrected chi connectivity index (χ4v) is 4.36. The van der Waals surface area contributed by atoms with Crippen molar-refractivity contribution in [3.63, 3.8) is 0 Å². The van der Waals surface area contributed by atoms with E-state index < -0.39 is 0 Å². The van der Waals surface area contributed by atoms with Crippen molar-refractivity contribution < 1.29 is 10.0 Å². The smallest absolute Gasteiger partial charge is 0.223 e. The number of fused-ring (bicyclic) bond motifs is 4. The minimum atomic E-state index is -0.0435. The fraction of sp³-hybridized carbons (Fsp3) is 0.286. The second-order valence-electron chi connectivity index (χ2n) is 4.97. The summed E-state index contributed by atoms with van der Waals surface area (Å²) in [7, 11) is 0.